The van der Waals surface area contributed by atoms with Gasteiger partial charge >= 0.3 is 0 Å². The van der Waals surface area contributed by atoms with Crippen molar-refractivity contribution in [2.75, 3.05) is 0 Å². The second-order valence-corrected chi connectivity index (χ2v) is 4.81. The lowest BCUT2D eigenvalue weighted by atomic mass is 10.4. The summed E-state index contributed by atoms with van der Waals surface area (Å²) in [5.41, 5.74) is 2.73. The van der Waals surface area contributed by atoms with Crippen molar-refractivity contribution in [3.05, 3.63) is 49.2 Å². The first kappa shape index (κ1) is 11.1. The van der Waals surface area contributed by atoms with E-state index in [4.69, 9.17) is 0 Å². The molecule has 0 saturated heterocycles. The molecule has 0 aromatic carbocycles. The van der Waals surface area contributed by atoms with Crippen LogP contribution in [0.1, 0.15) is 5.82 Å². The molecule has 0 saturated carbocycles. The SMILES string of the molecule is Cn1cc2cnc(Cn3cc4nccnc4c3)nc2c1. The summed E-state index contributed by atoms with van der Waals surface area (Å²) in [4.78, 5) is 17.5. The molecule has 0 aliphatic rings. The Hall–Kier alpha value is -2.76. The summed E-state index contributed by atoms with van der Waals surface area (Å²) in [5.74, 6) is 0.781. The average Bonchev–Trinajstić information content (AvgIpc) is 2.99. The molecule has 6 nitrogen and oxygen atoms in total. The van der Waals surface area contributed by atoms with E-state index in [0.717, 1.165) is 27.8 Å². The van der Waals surface area contributed by atoms with Gasteiger partial charge in [0.05, 0.1) is 12.1 Å². The summed E-state index contributed by atoms with van der Waals surface area (Å²) in [7, 11) is 1.98. The predicted octanol–water partition coefficient (Wildman–Crippen LogP) is 1.76. The molecule has 0 fully saturated rings. The van der Waals surface area contributed by atoms with Gasteiger partial charge in [-0.15, -0.1) is 0 Å². The fraction of sp³-hybridized carbons (Fsp3) is 0.143. The van der Waals surface area contributed by atoms with E-state index in [1.165, 1.54) is 0 Å². The van der Waals surface area contributed by atoms with Crippen molar-refractivity contribution in [1.29, 1.82) is 0 Å². The molecule has 4 heterocycles. The highest BCUT2D eigenvalue weighted by atomic mass is 15.0. The second-order valence-electron chi connectivity index (χ2n) is 4.81. The lowest BCUT2D eigenvalue weighted by Crippen LogP contribution is -2.01. The Morgan fingerprint density at radius 1 is 0.900 bits per heavy atom. The second kappa shape index (κ2) is 4.12. The molecule has 0 radical (unpaired) electrons. The maximum atomic E-state index is 4.57. The van der Waals surface area contributed by atoms with E-state index >= 15 is 0 Å². The minimum absolute atomic E-state index is 0.614. The van der Waals surface area contributed by atoms with Crippen LogP contribution in [0.25, 0.3) is 21.9 Å². The zero-order chi connectivity index (χ0) is 13.5. The predicted molar refractivity (Wildman–Crippen MR) is 75.1 cm³/mol. The number of hydrogen-bond acceptors (Lipinski definition) is 4. The molecular formula is C14H12N6. The molecule has 0 spiro atoms. The van der Waals surface area contributed by atoms with Gasteiger partial charge in [-0.1, -0.05) is 0 Å². The van der Waals surface area contributed by atoms with Crippen LogP contribution in [0.15, 0.2) is 43.4 Å². The van der Waals surface area contributed by atoms with Gasteiger partial charge in [-0.05, 0) is 0 Å². The zero-order valence-corrected chi connectivity index (χ0v) is 10.9. The van der Waals surface area contributed by atoms with Gasteiger partial charge in [0.2, 0.25) is 0 Å². The minimum atomic E-state index is 0.614. The van der Waals surface area contributed by atoms with Gasteiger partial charge in [-0.3, -0.25) is 9.97 Å². The Morgan fingerprint density at radius 2 is 1.65 bits per heavy atom. The molecule has 0 aliphatic heterocycles. The highest BCUT2D eigenvalue weighted by Gasteiger charge is 2.05. The smallest absolute Gasteiger partial charge is 0.148 e. The summed E-state index contributed by atoms with van der Waals surface area (Å²) in [6.45, 7) is 0.614. The first-order chi connectivity index (χ1) is 9.78. The number of hydrogen-bond donors (Lipinski definition) is 0. The van der Waals surface area contributed by atoms with Crippen LogP contribution in [-0.4, -0.2) is 29.1 Å². The van der Waals surface area contributed by atoms with E-state index < -0.39 is 0 Å². The lowest BCUT2D eigenvalue weighted by molar-refractivity contribution is 0.757. The summed E-state index contributed by atoms with van der Waals surface area (Å²) in [6, 6.07) is 0. The molecule has 0 amide bonds. The number of fused-ring (bicyclic) bond motifs is 2. The van der Waals surface area contributed by atoms with Crippen molar-refractivity contribution < 1.29 is 0 Å². The summed E-state index contributed by atoms with van der Waals surface area (Å²) in [6.07, 6.45) is 13.2. The molecule has 4 aromatic heterocycles. The van der Waals surface area contributed by atoms with Gasteiger partial charge in [0.1, 0.15) is 16.9 Å². The number of aryl methyl sites for hydroxylation is 1. The van der Waals surface area contributed by atoms with Crippen LogP contribution in [0.3, 0.4) is 0 Å². The monoisotopic (exact) mass is 264 g/mol. The Bertz CT molecular complexity index is 871. The van der Waals surface area contributed by atoms with Gasteiger partial charge in [-0.25, -0.2) is 9.97 Å². The first-order valence-electron chi connectivity index (χ1n) is 6.32. The van der Waals surface area contributed by atoms with Crippen molar-refractivity contribution in [3.63, 3.8) is 0 Å². The molecule has 4 aromatic rings. The van der Waals surface area contributed by atoms with Crippen molar-refractivity contribution in [2.45, 2.75) is 6.54 Å². The third-order valence-corrected chi connectivity index (χ3v) is 3.22. The summed E-state index contributed by atoms with van der Waals surface area (Å²) in [5, 5.41) is 1.05. The highest BCUT2D eigenvalue weighted by molar-refractivity contribution is 5.77. The van der Waals surface area contributed by atoms with Gasteiger partial charge in [0.25, 0.3) is 0 Å². The lowest BCUT2D eigenvalue weighted by Gasteiger charge is -2.00. The van der Waals surface area contributed by atoms with E-state index in [9.17, 15) is 0 Å². The molecule has 0 unspecified atom stereocenters. The molecule has 0 atom stereocenters. The molecule has 0 aliphatic carbocycles. The molecule has 0 N–H and O–H groups in total. The fourth-order valence-corrected chi connectivity index (χ4v) is 2.34. The minimum Gasteiger partial charge on any atom is -0.354 e. The normalized spacial score (nSPS) is 11.4. The molecule has 4 rings (SSSR count). The quantitative estimate of drug-likeness (QED) is 0.553. The van der Waals surface area contributed by atoms with Crippen molar-refractivity contribution in [2.24, 2.45) is 7.05 Å². The van der Waals surface area contributed by atoms with Crippen LogP contribution < -0.4 is 0 Å². The number of nitrogens with zero attached hydrogens (tertiary/aromatic N) is 6. The van der Waals surface area contributed by atoms with Crippen molar-refractivity contribution >= 4 is 21.9 Å². The standard InChI is InChI=1S/C14H12N6/c1-19-5-10-4-17-14(18-11(10)6-19)9-20-7-12-13(8-20)16-3-2-15-12/h2-8H,9H2,1H3. The maximum absolute atomic E-state index is 4.57. The molecule has 6 heteroatoms. The van der Waals surface area contributed by atoms with E-state index in [1.807, 2.05) is 47.2 Å². The highest BCUT2D eigenvalue weighted by Crippen LogP contribution is 2.13. The van der Waals surface area contributed by atoms with Crippen LogP contribution >= 0.6 is 0 Å². The average molecular weight is 264 g/mol. The van der Waals surface area contributed by atoms with Crippen molar-refractivity contribution in [1.82, 2.24) is 29.1 Å². The fourth-order valence-electron chi connectivity index (χ4n) is 2.34. The Balaban J connectivity index is 1.72. The largest absolute Gasteiger partial charge is 0.354 e. The van der Waals surface area contributed by atoms with E-state index in [-0.39, 0.29) is 0 Å². The third kappa shape index (κ3) is 1.82. The van der Waals surface area contributed by atoms with Gasteiger partial charge in [-0.2, -0.15) is 0 Å². The van der Waals surface area contributed by atoms with Crippen LogP contribution in [-0.2, 0) is 13.6 Å². The molecule has 98 valence electrons. The molecular weight excluding hydrogens is 252 g/mol. The van der Waals surface area contributed by atoms with E-state index in [2.05, 4.69) is 19.9 Å². The first-order valence-corrected chi connectivity index (χ1v) is 6.32. The van der Waals surface area contributed by atoms with E-state index in [1.54, 1.807) is 12.4 Å². The Kier molecular flexibility index (Phi) is 2.29. The van der Waals surface area contributed by atoms with Crippen molar-refractivity contribution in [3.8, 4) is 0 Å². The molecule has 0 bridgehead atoms. The van der Waals surface area contributed by atoms with Crippen LogP contribution in [0.5, 0.6) is 0 Å². The zero-order valence-electron chi connectivity index (χ0n) is 10.9. The summed E-state index contributed by atoms with van der Waals surface area (Å²) < 4.78 is 4.00. The summed E-state index contributed by atoms with van der Waals surface area (Å²) >= 11 is 0. The maximum Gasteiger partial charge on any atom is 0.148 e. The third-order valence-electron chi connectivity index (χ3n) is 3.22. The Labute approximate surface area is 114 Å². The molecule has 20 heavy (non-hydrogen) atoms. The van der Waals surface area contributed by atoms with Gasteiger partial charge in [0, 0.05) is 55.8 Å². The van der Waals surface area contributed by atoms with E-state index in [0.29, 0.717) is 6.54 Å². The number of rotatable bonds is 2. The van der Waals surface area contributed by atoms with Crippen LogP contribution in [0.4, 0.5) is 0 Å². The van der Waals surface area contributed by atoms with Crippen LogP contribution in [0.2, 0.25) is 0 Å². The van der Waals surface area contributed by atoms with Crippen LogP contribution in [0, 0.1) is 0 Å². The van der Waals surface area contributed by atoms with Gasteiger partial charge < -0.3 is 9.13 Å². The number of aromatic nitrogens is 6. The topological polar surface area (TPSA) is 61.4 Å². The Morgan fingerprint density at radius 3 is 2.40 bits per heavy atom. The van der Waals surface area contributed by atoms with Gasteiger partial charge in [0.15, 0.2) is 0 Å².